The van der Waals surface area contributed by atoms with Crippen LogP contribution in [0.3, 0.4) is 0 Å². The first kappa shape index (κ1) is 13.9. The summed E-state index contributed by atoms with van der Waals surface area (Å²) >= 11 is 0. The van der Waals surface area contributed by atoms with Crippen molar-refractivity contribution in [3.05, 3.63) is 59.5 Å². The van der Waals surface area contributed by atoms with Gasteiger partial charge in [0, 0.05) is 0 Å². The topological polar surface area (TPSA) is 68.5 Å². The molecule has 1 unspecified atom stereocenters. The Morgan fingerprint density at radius 1 is 1.25 bits per heavy atom. The molecule has 0 fully saturated rings. The maximum absolute atomic E-state index is 12.1. The van der Waals surface area contributed by atoms with Crippen LogP contribution >= 0.6 is 0 Å². The molecule has 1 N–H and O–H groups in total. The highest BCUT2D eigenvalue weighted by atomic mass is 16.5. The van der Waals surface area contributed by atoms with Gasteiger partial charge in [-0.05, 0) is 18.6 Å². The van der Waals surface area contributed by atoms with Crippen LogP contribution in [0, 0.1) is 6.92 Å². The van der Waals surface area contributed by atoms with Crippen molar-refractivity contribution in [1.82, 2.24) is 5.32 Å². The Bertz CT molecular complexity index is 603. The molecule has 1 aromatic heterocycles. The van der Waals surface area contributed by atoms with Crippen LogP contribution in [-0.4, -0.2) is 19.0 Å². The number of amides is 1. The minimum atomic E-state index is -0.844. The number of hydrogen-bond donors (Lipinski definition) is 1. The third-order valence-corrected chi connectivity index (χ3v) is 2.84. The van der Waals surface area contributed by atoms with Crippen LogP contribution in [-0.2, 0) is 9.53 Å². The summed E-state index contributed by atoms with van der Waals surface area (Å²) in [5.41, 5.74) is 1.03. The zero-order valence-electron chi connectivity index (χ0n) is 11.3. The van der Waals surface area contributed by atoms with Gasteiger partial charge in [0.15, 0.2) is 6.04 Å². The number of rotatable bonds is 4. The third-order valence-electron chi connectivity index (χ3n) is 2.84. The molecule has 0 aliphatic rings. The molecular weight excluding hydrogens is 258 g/mol. The highest BCUT2D eigenvalue weighted by Crippen LogP contribution is 2.16. The van der Waals surface area contributed by atoms with Gasteiger partial charge in [-0.15, -0.1) is 0 Å². The highest BCUT2D eigenvalue weighted by molar-refractivity contribution is 5.96. The molecule has 20 heavy (non-hydrogen) atoms. The van der Waals surface area contributed by atoms with Crippen molar-refractivity contribution in [3.63, 3.8) is 0 Å². The summed E-state index contributed by atoms with van der Waals surface area (Å²) in [5, 5.41) is 2.64. The normalized spacial score (nSPS) is 11.7. The minimum absolute atomic E-state index is 0.368. The lowest BCUT2D eigenvalue weighted by atomic mass is 10.1. The Morgan fingerprint density at radius 3 is 2.50 bits per heavy atom. The molecule has 0 aliphatic heterocycles. The van der Waals surface area contributed by atoms with Gasteiger partial charge in [0.1, 0.15) is 12.0 Å². The number of hydrogen-bond acceptors (Lipinski definition) is 4. The SMILES string of the molecule is COC(=O)C(NC(=O)c1coc(C)c1)c1ccccc1. The zero-order chi connectivity index (χ0) is 14.5. The molecule has 5 nitrogen and oxygen atoms in total. The van der Waals surface area contributed by atoms with Crippen LogP contribution < -0.4 is 5.32 Å². The smallest absolute Gasteiger partial charge is 0.333 e. The molecule has 1 atom stereocenters. The van der Waals surface area contributed by atoms with Crippen molar-refractivity contribution >= 4 is 11.9 Å². The van der Waals surface area contributed by atoms with Gasteiger partial charge in [-0.1, -0.05) is 30.3 Å². The van der Waals surface area contributed by atoms with Crippen molar-refractivity contribution in [2.45, 2.75) is 13.0 Å². The standard InChI is InChI=1S/C15H15NO4/c1-10-8-12(9-20-10)14(17)16-13(15(18)19-2)11-6-4-3-5-7-11/h3-9,13H,1-2H3,(H,16,17). The molecule has 0 spiro atoms. The zero-order valence-corrected chi connectivity index (χ0v) is 11.3. The molecule has 0 radical (unpaired) electrons. The number of esters is 1. The van der Waals surface area contributed by atoms with Crippen LogP contribution in [0.25, 0.3) is 0 Å². The van der Waals surface area contributed by atoms with E-state index in [0.717, 1.165) is 0 Å². The number of nitrogens with one attached hydrogen (secondary N) is 1. The van der Waals surface area contributed by atoms with E-state index in [-0.39, 0.29) is 5.91 Å². The van der Waals surface area contributed by atoms with Gasteiger partial charge in [0.25, 0.3) is 5.91 Å². The minimum Gasteiger partial charge on any atom is -0.469 e. The van der Waals surface area contributed by atoms with Crippen molar-refractivity contribution in [2.24, 2.45) is 0 Å². The van der Waals surface area contributed by atoms with E-state index < -0.39 is 12.0 Å². The first-order chi connectivity index (χ1) is 9.61. The van der Waals surface area contributed by atoms with Crippen molar-refractivity contribution in [2.75, 3.05) is 7.11 Å². The lowest BCUT2D eigenvalue weighted by Gasteiger charge is -2.16. The van der Waals surface area contributed by atoms with E-state index in [1.165, 1.54) is 13.4 Å². The second-order valence-corrected chi connectivity index (χ2v) is 4.29. The van der Waals surface area contributed by atoms with E-state index in [1.807, 2.05) is 6.07 Å². The molecule has 5 heteroatoms. The summed E-state index contributed by atoms with van der Waals surface area (Å²) in [5.74, 6) is -0.282. The van der Waals surface area contributed by atoms with Crippen molar-refractivity contribution in [3.8, 4) is 0 Å². The first-order valence-electron chi connectivity index (χ1n) is 6.10. The Kier molecular flexibility index (Phi) is 4.20. The molecule has 2 rings (SSSR count). The molecular formula is C15H15NO4. The molecule has 0 aliphatic carbocycles. The van der Waals surface area contributed by atoms with Crippen LogP contribution in [0.4, 0.5) is 0 Å². The third kappa shape index (κ3) is 3.06. The fourth-order valence-corrected chi connectivity index (χ4v) is 1.82. The summed E-state index contributed by atoms with van der Waals surface area (Å²) in [7, 11) is 1.28. The van der Waals surface area contributed by atoms with Crippen LogP contribution in [0.2, 0.25) is 0 Å². The number of aryl methyl sites for hydroxylation is 1. The molecule has 2 aromatic rings. The fourth-order valence-electron chi connectivity index (χ4n) is 1.82. The molecule has 0 saturated heterocycles. The number of furan rings is 1. The van der Waals surface area contributed by atoms with E-state index in [0.29, 0.717) is 16.9 Å². The van der Waals surface area contributed by atoms with E-state index in [4.69, 9.17) is 9.15 Å². The number of ether oxygens (including phenoxy) is 1. The summed E-state index contributed by atoms with van der Waals surface area (Å²) in [6.07, 6.45) is 1.35. The summed E-state index contributed by atoms with van der Waals surface area (Å²) in [4.78, 5) is 23.9. The Hall–Kier alpha value is -2.56. The van der Waals surface area contributed by atoms with Gasteiger partial charge in [-0.25, -0.2) is 4.79 Å². The second-order valence-electron chi connectivity index (χ2n) is 4.29. The molecule has 1 heterocycles. The number of carbonyl (C=O) groups excluding carboxylic acids is 2. The summed E-state index contributed by atoms with van der Waals surface area (Å²) in [6.45, 7) is 1.74. The lowest BCUT2D eigenvalue weighted by molar-refractivity contribution is -0.143. The molecule has 104 valence electrons. The average Bonchev–Trinajstić information content (AvgIpc) is 2.91. The van der Waals surface area contributed by atoms with E-state index >= 15 is 0 Å². The monoisotopic (exact) mass is 273 g/mol. The van der Waals surface area contributed by atoms with Crippen LogP contribution in [0.5, 0.6) is 0 Å². The maximum Gasteiger partial charge on any atom is 0.333 e. The Balaban J connectivity index is 2.21. The van der Waals surface area contributed by atoms with E-state index in [9.17, 15) is 9.59 Å². The van der Waals surface area contributed by atoms with Gasteiger partial charge >= 0.3 is 5.97 Å². The highest BCUT2D eigenvalue weighted by Gasteiger charge is 2.24. The fraction of sp³-hybridized carbons (Fsp3) is 0.200. The van der Waals surface area contributed by atoms with Gasteiger partial charge in [-0.3, -0.25) is 4.79 Å². The quantitative estimate of drug-likeness (QED) is 0.867. The summed E-state index contributed by atoms with van der Waals surface area (Å²) < 4.78 is 9.81. The Morgan fingerprint density at radius 2 is 1.95 bits per heavy atom. The molecule has 0 bridgehead atoms. The first-order valence-corrected chi connectivity index (χ1v) is 6.10. The predicted molar refractivity (Wildman–Crippen MR) is 72.1 cm³/mol. The van der Waals surface area contributed by atoms with E-state index in [2.05, 4.69) is 5.32 Å². The Labute approximate surface area is 116 Å². The van der Waals surface area contributed by atoms with Gasteiger partial charge in [0.2, 0.25) is 0 Å². The molecule has 1 amide bonds. The summed E-state index contributed by atoms with van der Waals surface area (Å²) in [6, 6.07) is 9.68. The average molecular weight is 273 g/mol. The van der Waals surface area contributed by atoms with Gasteiger partial charge < -0.3 is 14.5 Å². The lowest BCUT2D eigenvalue weighted by Crippen LogP contribution is -2.34. The van der Waals surface area contributed by atoms with Crippen molar-refractivity contribution < 1.29 is 18.7 Å². The largest absolute Gasteiger partial charge is 0.469 e. The predicted octanol–water partition coefficient (Wildman–Crippen LogP) is 2.23. The van der Waals surface area contributed by atoms with Gasteiger partial charge in [0.05, 0.1) is 12.7 Å². The number of benzene rings is 1. The second kappa shape index (κ2) is 6.06. The number of carbonyl (C=O) groups is 2. The number of methoxy groups -OCH3 is 1. The van der Waals surface area contributed by atoms with Gasteiger partial charge in [-0.2, -0.15) is 0 Å². The molecule has 0 saturated carbocycles. The maximum atomic E-state index is 12.1. The van der Waals surface area contributed by atoms with Crippen molar-refractivity contribution in [1.29, 1.82) is 0 Å². The van der Waals surface area contributed by atoms with E-state index in [1.54, 1.807) is 37.3 Å². The van der Waals surface area contributed by atoms with Crippen LogP contribution in [0.1, 0.15) is 27.7 Å². The molecule has 1 aromatic carbocycles. The van der Waals surface area contributed by atoms with Crippen LogP contribution in [0.15, 0.2) is 47.1 Å².